The predicted octanol–water partition coefficient (Wildman–Crippen LogP) is 0.892. The zero-order chi connectivity index (χ0) is 16.0. The highest BCUT2D eigenvalue weighted by molar-refractivity contribution is 5.81. The van der Waals surface area contributed by atoms with Gasteiger partial charge in [-0.3, -0.25) is 14.6 Å². The number of carbonyl (C=O) groups excluding carboxylic acids is 1. The fraction of sp³-hybridized carbons (Fsp3) is 0.938. The van der Waals surface area contributed by atoms with Crippen LogP contribution in [0.25, 0.3) is 0 Å². The molecule has 0 aromatic heterocycles. The SMILES string of the molecule is CC(C)CCNC(=O)C(C)N1CCN(C(C)(C)CN)CC1. The number of rotatable bonds is 7. The van der Waals surface area contributed by atoms with E-state index in [2.05, 4.69) is 42.8 Å². The molecule has 1 saturated heterocycles. The van der Waals surface area contributed by atoms with E-state index >= 15 is 0 Å². The zero-order valence-corrected chi connectivity index (χ0v) is 14.5. The molecule has 1 heterocycles. The second-order valence-corrected chi connectivity index (χ2v) is 7.19. The maximum atomic E-state index is 12.2. The van der Waals surface area contributed by atoms with Gasteiger partial charge in [0.15, 0.2) is 0 Å². The highest BCUT2D eigenvalue weighted by Gasteiger charge is 2.31. The first-order valence-corrected chi connectivity index (χ1v) is 8.25. The summed E-state index contributed by atoms with van der Waals surface area (Å²) in [5, 5.41) is 3.05. The Hall–Kier alpha value is -0.650. The van der Waals surface area contributed by atoms with E-state index in [4.69, 9.17) is 5.73 Å². The molecule has 5 nitrogen and oxygen atoms in total. The number of nitrogens with one attached hydrogen (secondary N) is 1. The molecule has 1 unspecified atom stereocenters. The van der Waals surface area contributed by atoms with Crippen LogP contribution in [0, 0.1) is 5.92 Å². The number of hydrogen-bond donors (Lipinski definition) is 2. The van der Waals surface area contributed by atoms with Gasteiger partial charge in [0.05, 0.1) is 6.04 Å². The molecule has 0 spiro atoms. The monoisotopic (exact) mass is 298 g/mol. The molecule has 0 aliphatic carbocycles. The molecule has 0 radical (unpaired) electrons. The zero-order valence-electron chi connectivity index (χ0n) is 14.5. The highest BCUT2D eigenvalue weighted by Crippen LogP contribution is 2.16. The maximum absolute atomic E-state index is 12.2. The summed E-state index contributed by atoms with van der Waals surface area (Å²) in [5.41, 5.74) is 5.89. The Kier molecular flexibility index (Phi) is 7.10. The van der Waals surface area contributed by atoms with Crippen LogP contribution in [0.5, 0.6) is 0 Å². The fourth-order valence-corrected chi connectivity index (χ4v) is 2.64. The first kappa shape index (κ1) is 18.4. The molecule has 0 saturated carbocycles. The van der Waals surface area contributed by atoms with Gasteiger partial charge in [-0.25, -0.2) is 0 Å². The topological polar surface area (TPSA) is 61.6 Å². The molecule has 21 heavy (non-hydrogen) atoms. The van der Waals surface area contributed by atoms with Crippen molar-refractivity contribution >= 4 is 5.91 Å². The van der Waals surface area contributed by atoms with E-state index in [-0.39, 0.29) is 17.5 Å². The third-order valence-corrected chi connectivity index (χ3v) is 4.62. The molecule has 1 aliphatic rings. The van der Waals surface area contributed by atoms with Crippen LogP contribution in [-0.2, 0) is 4.79 Å². The second kappa shape index (κ2) is 8.11. The first-order chi connectivity index (χ1) is 9.77. The van der Waals surface area contributed by atoms with Gasteiger partial charge in [-0.15, -0.1) is 0 Å². The van der Waals surface area contributed by atoms with Crippen LogP contribution >= 0.6 is 0 Å². The third-order valence-electron chi connectivity index (χ3n) is 4.62. The lowest BCUT2D eigenvalue weighted by Gasteiger charge is -2.44. The van der Waals surface area contributed by atoms with Gasteiger partial charge in [0.25, 0.3) is 0 Å². The lowest BCUT2D eigenvalue weighted by molar-refractivity contribution is -0.126. The van der Waals surface area contributed by atoms with Crippen LogP contribution in [0.1, 0.15) is 41.0 Å². The number of piperazine rings is 1. The lowest BCUT2D eigenvalue weighted by Crippen LogP contribution is -2.60. The number of hydrogen-bond acceptors (Lipinski definition) is 4. The average molecular weight is 298 g/mol. The van der Waals surface area contributed by atoms with E-state index in [1.807, 2.05) is 6.92 Å². The largest absolute Gasteiger partial charge is 0.355 e. The first-order valence-electron chi connectivity index (χ1n) is 8.25. The summed E-state index contributed by atoms with van der Waals surface area (Å²) >= 11 is 0. The van der Waals surface area contributed by atoms with Gasteiger partial charge >= 0.3 is 0 Å². The summed E-state index contributed by atoms with van der Waals surface area (Å²) in [6.45, 7) is 16.0. The average Bonchev–Trinajstić information content (AvgIpc) is 2.46. The van der Waals surface area contributed by atoms with Gasteiger partial charge in [-0.2, -0.15) is 0 Å². The van der Waals surface area contributed by atoms with Crippen molar-refractivity contribution in [3.05, 3.63) is 0 Å². The van der Waals surface area contributed by atoms with Crippen molar-refractivity contribution in [2.75, 3.05) is 39.3 Å². The second-order valence-electron chi connectivity index (χ2n) is 7.19. The number of nitrogens with two attached hydrogens (primary N) is 1. The van der Waals surface area contributed by atoms with Crippen molar-refractivity contribution in [3.8, 4) is 0 Å². The molecule has 1 aliphatic heterocycles. The number of nitrogens with zero attached hydrogens (tertiary/aromatic N) is 2. The minimum Gasteiger partial charge on any atom is -0.355 e. The lowest BCUT2D eigenvalue weighted by atomic mass is 10.0. The van der Waals surface area contributed by atoms with Gasteiger partial charge in [0.1, 0.15) is 0 Å². The van der Waals surface area contributed by atoms with E-state index in [0.29, 0.717) is 12.5 Å². The predicted molar refractivity (Wildman–Crippen MR) is 88.2 cm³/mol. The van der Waals surface area contributed by atoms with Crippen molar-refractivity contribution in [1.29, 1.82) is 0 Å². The number of amides is 1. The van der Waals surface area contributed by atoms with Gasteiger partial charge in [-0.1, -0.05) is 13.8 Å². The smallest absolute Gasteiger partial charge is 0.237 e. The van der Waals surface area contributed by atoms with E-state index in [0.717, 1.165) is 39.1 Å². The Morgan fingerprint density at radius 3 is 2.24 bits per heavy atom. The Labute approximate surface area is 130 Å². The Bertz CT molecular complexity index is 322. The summed E-state index contributed by atoms with van der Waals surface area (Å²) in [6, 6.07) is -0.0414. The molecular weight excluding hydrogens is 264 g/mol. The van der Waals surface area contributed by atoms with E-state index in [1.54, 1.807) is 0 Å². The van der Waals surface area contributed by atoms with Crippen LogP contribution < -0.4 is 11.1 Å². The van der Waals surface area contributed by atoms with Crippen molar-refractivity contribution in [2.24, 2.45) is 11.7 Å². The Morgan fingerprint density at radius 1 is 1.19 bits per heavy atom. The van der Waals surface area contributed by atoms with Crippen LogP contribution in [0.3, 0.4) is 0 Å². The van der Waals surface area contributed by atoms with Gasteiger partial charge in [-0.05, 0) is 33.1 Å². The molecule has 0 bridgehead atoms. The fourth-order valence-electron chi connectivity index (χ4n) is 2.64. The molecule has 1 fully saturated rings. The summed E-state index contributed by atoms with van der Waals surface area (Å²) < 4.78 is 0. The minimum absolute atomic E-state index is 0.0414. The quantitative estimate of drug-likeness (QED) is 0.733. The van der Waals surface area contributed by atoms with Crippen LogP contribution in [0.15, 0.2) is 0 Å². The summed E-state index contributed by atoms with van der Waals surface area (Å²) in [4.78, 5) is 16.9. The molecule has 5 heteroatoms. The van der Waals surface area contributed by atoms with Crippen LogP contribution in [-0.4, -0.2) is 66.6 Å². The van der Waals surface area contributed by atoms with Gasteiger partial charge in [0.2, 0.25) is 5.91 Å². The molecule has 3 N–H and O–H groups in total. The molecule has 0 aromatic carbocycles. The van der Waals surface area contributed by atoms with Crippen molar-refractivity contribution in [2.45, 2.75) is 52.6 Å². The molecular formula is C16H34N4O. The van der Waals surface area contributed by atoms with Crippen molar-refractivity contribution in [3.63, 3.8) is 0 Å². The normalized spacial score (nSPS) is 19.8. The summed E-state index contributed by atoms with van der Waals surface area (Å²) in [7, 11) is 0. The van der Waals surface area contributed by atoms with Gasteiger partial charge in [0, 0.05) is 44.8 Å². The van der Waals surface area contributed by atoms with E-state index in [9.17, 15) is 4.79 Å². The van der Waals surface area contributed by atoms with Crippen molar-refractivity contribution < 1.29 is 4.79 Å². The maximum Gasteiger partial charge on any atom is 0.237 e. The Morgan fingerprint density at radius 2 is 1.76 bits per heavy atom. The molecule has 0 aromatic rings. The molecule has 1 atom stereocenters. The molecule has 1 rings (SSSR count). The third kappa shape index (κ3) is 5.57. The standard InChI is InChI=1S/C16H34N4O/c1-13(2)6-7-18-15(21)14(3)19-8-10-20(11-9-19)16(4,5)12-17/h13-14H,6-12,17H2,1-5H3,(H,18,21). The number of carbonyl (C=O) groups is 1. The van der Waals surface area contributed by atoms with Crippen LogP contribution in [0.2, 0.25) is 0 Å². The van der Waals surface area contributed by atoms with E-state index in [1.165, 1.54) is 0 Å². The summed E-state index contributed by atoms with van der Waals surface area (Å²) in [6.07, 6.45) is 1.04. The Balaban J connectivity index is 2.37. The molecule has 1 amide bonds. The highest BCUT2D eigenvalue weighted by atomic mass is 16.2. The minimum atomic E-state index is -0.0414. The molecule has 124 valence electrons. The van der Waals surface area contributed by atoms with Gasteiger partial charge < -0.3 is 11.1 Å². The van der Waals surface area contributed by atoms with Crippen molar-refractivity contribution in [1.82, 2.24) is 15.1 Å². The van der Waals surface area contributed by atoms with Crippen LogP contribution in [0.4, 0.5) is 0 Å². The van der Waals surface area contributed by atoms with E-state index < -0.39 is 0 Å². The summed E-state index contributed by atoms with van der Waals surface area (Å²) in [5.74, 6) is 0.782.